The normalized spacial score (nSPS) is 13.1. The van der Waals surface area contributed by atoms with Crippen LogP contribution < -0.4 is 5.73 Å². The zero-order valence-electron chi connectivity index (χ0n) is 10.6. The van der Waals surface area contributed by atoms with Crippen LogP contribution in [-0.4, -0.2) is 4.98 Å². The van der Waals surface area contributed by atoms with Crippen molar-refractivity contribution in [3.63, 3.8) is 0 Å². The van der Waals surface area contributed by atoms with Crippen LogP contribution in [0.3, 0.4) is 0 Å². The Hall–Kier alpha value is -1.72. The van der Waals surface area contributed by atoms with Gasteiger partial charge >= 0.3 is 0 Å². The molecule has 1 aromatic carbocycles. The Kier molecular flexibility index (Phi) is 2.88. The van der Waals surface area contributed by atoms with Crippen LogP contribution in [0.1, 0.15) is 27.4 Å². The predicted octanol–water partition coefficient (Wildman–Crippen LogP) is 3.69. The van der Waals surface area contributed by atoms with E-state index in [4.69, 9.17) is 10.2 Å². The summed E-state index contributed by atoms with van der Waals surface area (Å²) in [6.45, 7) is 3.86. The quantitative estimate of drug-likeness (QED) is 0.776. The van der Waals surface area contributed by atoms with Gasteiger partial charge in [-0.3, -0.25) is 0 Å². The lowest BCUT2D eigenvalue weighted by molar-refractivity contribution is 0.503. The third kappa shape index (κ3) is 2.05. The van der Waals surface area contributed by atoms with Crippen LogP contribution in [0, 0.1) is 19.7 Å². The molecule has 2 heterocycles. The zero-order chi connectivity index (χ0) is 13.6. The van der Waals surface area contributed by atoms with Gasteiger partial charge in [0.15, 0.2) is 11.4 Å². The van der Waals surface area contributed by atoms with Crippen molar-refractivity contribution >= 4 is 22.3 Å². The maximum Gasteiger partial charge on any atom is 0.169 e. The van der Waals surface area contributed by atoms with Crippen LogP contribution in [0.2, 0.25) is 0 Å². The van der Waals surface area contributed by atoms with E-state index in [0.717, 1.165) is 21.0 Å². The number of hydrogen-bond donors (Lipinski definition) is 1. The molecular formula is C14H13FN2OS. The monoisotopic (exact) mass is 276 g/mol. The summed E-state index contributed by atoms with van der Waals surface area (Å²) in [6, 6.07) is 6.23. The summed E-state index contributed by atoms with van der Waals surface area (Å²) < 4.78 is 19.2. The first-order valence-corrected chi connectivity index (χ1v) is 6.75. The number of aryl methyl sites for hydroxylation is 2. The molecule has 0 aliphatic heterocycles. The van der Waals surface area contributed by atoms with E-state index in [1.165, 1.54) is 6.07 Å². The molecule has 3 rings (SSSR count). The summed E-state index contributed by atoms with van der Waals surface area (Å²) in [5, 5.41) is 1.69. The van der Waals surface area contributed by atoms with Gasteiger partial charge in [-0.15, -0.1) is 11.3 Å². The van der Waals surface area contributed by atoms with Crippen LogP contribution in [0.15, 0.2) is 28.7 Å². The molecule has 1 unspecified atom stereocenters. The predicted molar refractivity (Wildman–Crippen MR) is 73.8 cm³/mol. The molecule has 5 heteroatoms. The molecule has 0 fully saturated rings. The highest BCUT2D eigenvalue weighted by molar-refractivity contribution is 7.11. The Bertz CT molecular complexity index is 747. The number of nitrogens with two attached hydrogens (primary N) is 1. The summed E-state index contributed by atoms with van der Waals surface area (Å²) in [4.78, 5) is 5.31. The van der Waals surface area contributed by atoms with Gasteiger partial charge in [-0.1, -0.05) is 12.1 Å². The van der Waals surface area contributed by atoms with E-state index in [1.807, 2.05) is 19.9 Å². The molecule has 19 heavy (non-hydrogen) atoms. The fourth-order valence-electron chi connectivity index (χ4n) is 2.17. The van der Waals surface area contributed by atoms with Crippen molar-refractivity contribution in [2.24, 2.45) is 5.73 Å². The van der Waals surface area contributed by atoms with Crippen LogP contribution >= 0.6 is 11.3 Å². The first-order valence-electron chi connectivity index (χ1n) is 5.93. The third-order valence-electron chi connectivity index (χ3n) is 3.04. The fourth-order valence-corrected chi connectivity index (χ4v) is 3.10. The van der Waals surface area contributed by atoms with Crippen molar-refractivity contribution in [1.29, 1.82) is 0 Å². The number of rotatable bonds is 2. The molecule has 0 aliphatic rings. The lowest BCUT2D eigenvalue weighted by atomic mass is 10.1. The molecule has 98 valence electrons. The number of aromatic nitrogens is 1. The second-order valence-electron chi connectivity index (χ2n) is 4.47. The average molecular weight is 276 g/mol. The maximum atomic E-state index is 13.6. The van der Waals surface area contributed by atoms with Gasteiger partial charge in [0.05, 0.1) is 21.6 Å². The van der Waals surface area contributed by atoms with E-state index in [0.29, 0.717) is 5.76 Å². The Labute approximate surface area is 113 Å². The topological polar surface area (TPSA) is 52.0 Å². The highest BCUT2D eigenvalue weighted by Gasteiger charge is 2.20. The van der Waals surface area contributed by atoms with Gasteiger partial charge in [0.25, 0.3) is 0 Å². The second kappa shape index (κ2) is 4.43. The first kappa shape index (κ1) is 12.3. The minimum atomic E-state index is -0.405. The Morgan fingerprint density at radius 2 is 2.16 bits per heavy atom. The molecule has 2 N–H and O–H groups in total. The van der Waals surface area contributed by atoms with Gasteiger partial charge < -0.3 is 10.2 Å². The second-order valence-corrected chi connectivity index (χ2v) is 5.70. The van der Waals surface area contributed by atoms with Gasteiger partial charge in [-0.25, -0.2) is 9.37 Å². The van der Waals surface area contributed by atoms with Crippen LogP contribution in [0.4, 0.5) is 4.39 Å². The van der Waals surface area contributed by atoms with E-state index in [2.05, 4.69) is 4.98 Å². The molecule has 0 radical (unpaired) electrons. The van der Waals surface area contributed by atoms with Crippen LogP contribution in [-0.2, 0) is 0 Å². The Morgan fingerprint density at radius 1 is 1.37 bits per heavy atom. The average Bonchev–Trinajstić information content (AvgIpc) is 2.93. The number of halogens is 1. The molecule has 0 amide bonds. The molecular weight excluding hydrogens is 263 g/mol. The van der Waals surface area contributed by atoms with Crippen molar-refractivity contribution in [1.82, 2.24) is 4.98 Å². The number of fused-ring (bicyclic) bond motifs is 1. The van der Waals surface area contributed by atoms with Gasteiger partial charge in [0, 0.05) is 5.39 Å². The van der Waals surface area contributed by atoms with Crippen LogP contribution in [0.5, 0.6) is 0 Å². The minimum absolute atomic E-state index is 0.256. The Morgan fingerprint density at radius 3 is 2.79 bits per heavy atom. The molecule has 3 aromatic rings. The lowest BCUT2D eigenvalue weighted by Crippen LogP contribution is -2.10. The largest absolute Gasteiger partial charge is 0.456 e. The van der Waals surface area contributed by atoms with E-state index in [-0.39, 0.29) is 11.4 Å². The summed E-state index contributed by atoms with van der Waals surface area (Å²) in [5.74, 6) is 0.194. The summed E-state index contributed by atoms with van der Waals surface area (Å²) in [6.07, 6.45) is 0. The summed E-state index contributed by atoms with van der Waals surface area (Å²) in [5.41, 5.74) is 7.35. The summed E-state index contributed by atoms with van der Waals surface area (Å²) >= 11 is 1.54. The van der Waals surface area contributed by atoms with Crippen LogP contribution in [0.25, 0.3) is 11.0 Å². The van der Waals surface area contributed by atoms with Crippen molar-refractivity contribution in [3.8, 4) is 0 Å². The number of para-hydroxylation sites is 1. The number of hydrogen-bond acceptors (Lipinski definition) is 4. The Balaban J connectivity index is 2.09. The van der Waals surface area contributed by atoms with Gasteiger partial charge in [-0.05, 0) is 26.0 Å². The standard InChI is InChI=1S/C14H13FN2OS/c1-7-14(19-8(2)17-7)12(16)11-6-9-4-3-5-10(15)13(9)18-11/h3-6,12H,16H2,1-2H3. The van der Waals surface area contributed by atoms with Crippen molar-refractivity contribution in [3.05, 3.63) is 51.4 Å². The number of thiazole rings is 1. The molecule has 0 aliphatic carbocycles. The number of benzene rings is 1. The molecule has 0 spiro atoms. The fraction of sp³-hybridized carbons (Fsp3) is 0.214. The molecule has 1 atom stereocenters. The van der Waals surface area contributed by atoms with E-state index >= 15 is 0 Å². The zero-order valence-corrected chi connectivity index (χ0v) is 11.4. The van der Waals surface area contributed by atoms with E-state index < -0.39 is 6.04 Å². The molecule has 3 nitrogen and oxygen atoms in total. The highest BCUT2D eigenvalue weighted by Crippen LogP contribution is 2.32. The van der Waals surface area contributed by atoms with Crippen molar-refractivity contribution < 1.29 is 8.81 Å². The smallest absolute Gasteiger partial charge is 0.169 e. The number of nitrogens with zero attached hydrogens (tertiary/aromatic N) is 1. The SMILES string of the molecule is Cc1nc(C)c(C(N)c2cc3cccc(F)c3o2)s1. The molecule has 2 aromatic heterocycles. The van der Waals surface area contributed by atoms with Gasteiger partial charge in [0.2, 0.25) is 0 Å². The third-order valence-corrected chi connectivity index (χ3v) is 4.20. The van der Waals surface area contributed by atoms with Crippen molar-refractivity contribution in [2.45, 2.75) is 19.9 Å². The molecule has 0 saturated carbocycles. The molecule has 0 saturated heterocycles. The van der Waals surface area contributed by atoms with Gasteiger partial charge in [0.1, 0.15) is 5.76 Å². The molecule has 0 bridgehead atoms. The minimum Gasteiger partial charge on any atom is -0.456 e. The first-order chi connectivity index (χ1) is 9.06. The number of furan rings is 1. The van der Waals surface area contributed by atoms with Gasteiger partial charge in [-0.2, -0.15) is 0 Å². The maximum absolute atomic E-state index is 13.6. The lowest BCUT2D eigenvalue weighted by Gasteiger charge is -2.06. The summed E-state index contributed by atoms with van der Waals surface area (Å²) in [7, 11) is 0. The van der Waals surface area contributed by atoms with Crippen molar-refractivity contribution in [2.75, 3.05) is 0 Å². The van der Waals surface area contributed by atoms with E-state index in [1.54, 1.807) is 23.5 Å². The highest BCUT2D eigenvalue weighted by atomic mass is 32.1. The van der Waals surface area contributed by atoms with E-state index in [9.17, 15) is 4.39 Å².